The van der Waals surface area contributed by atoms with Crippen LogP contribution in [0.1, 0.15) is 31.7 Å². The Labute approximate surface area is 136 Å². The minimum absolute atomic E-state index is 0.170. The predicted molar refractivity (Wildman–Crippen MR) is 90.1 cm³/mol. The second-order valence-corrected chi connectivity index (χ2v) is 5.64. The number of aliphatic hydroxyl groups excluding tert-OH is 1. The van der Waals surface area contributed by atoms with Crippen molar-refractivity contribution in [1.29, 1.82) is 0 Å². The van der Waals surface area contributed by atoms with E-state index < -0.39 is 5.60 Å². The summed E-state index contributed by atoms with van der Waals surface area (Å²) < 4.78 is 13.0. The fraction of sp³-hybridized carbons (Fsp3) is 0.300. The van der Waals surface area contributed by atoms with E-state index in [2.05, 4.69) is 11.8 Å². The van der Waals surface area contributed by atoms with E-state index in [4.69, 9.17) is 5.11 Å². The molecule has 2 rings (SSSR count). The average Bonchev–Trinajstić information content (AvgIpc) is 2.55. The lowest BCUT2D eigenvalue weighted by Gasteiger charge is -2.17. The van der Waals surface area contributed by atoms with E-state index in [0.29, 0.717) is 6.42 Å². The number of benzene rings is 2. The molecule has 23 heavy (non-hydrogen) atoms. The maximum Gasteiger partial charge on any atom is 0.148 e. The fourth-order valence-corrected chi connectivity index (χ4v) is 2.26. The number of halogens is 1. The number of aliphatic hydroxyl groups is 2. The maximum absolute atomic E-state index is 13.0. The van der Waals surface area contributed by atoms with Crippen molar-refractivity contribution in [3.05, 3.63) is 59.9 Å². The van der Waals surface area contributed by atoms with E-state index in [1.165, 1.54) is 12.1 Å². The van der Waals surface area contributed by atoms with Gasteiger partial charge in [-0.15, -0.1) is 0 Å². The molecule has 0 heterocycles. The third-order valence-corrected chi connectivity index (χ3v) is 3.67. The third kappa shape index (κ3) is 4.92. The number of hydrogen-bond donors (Lipinski definition) is 2. The Morgan fingerprint density at radius 1 is 0.957 bits per heavy atom. The second-order valence-electron chi connectivity index (χ2n) is 5.64. The van der Waals surface area contributed by atoms with E-state index in [9.17, 15) is 9.50 Å². The van der Waals surface area contributed by atoms with Gasteiger partial charge in [-0.05, 0) is 48.6 Å². The average molecular weight is 312 g/mol. The van der Waals surface area contributed by atoms with Gasteiger partial charge in [0.25, 0.3) is 0 Å². The molecule has 0 amide bonds. The summed E-state index contributed by atoms with van der Waals surface area (Å²) >= 11 is 0. The Morgan fingerprint density at radius 3 is 2.09 bits per heavy atom. The Balaban J connectivity index is 2.10. The molecule has 2 N–H and O–H groups in total. The molecule has 0 aliphatic carbocycles. The molecule has 2 aromatic rings. The Bertz CT molecular complexity index is 676. The van der Waals surface area contributed by atoms with Crippen LogP contribution in [-0.2, 0) is 5.60 Å². The van der Waals surface area contributed by atoms with Gasteiger partial charge in [-0.2, -0.15) is 0 Å². The van der Waals surface area contributed by atoms with Crippen molar-refractivity contribution in [3.63, 3.8) is 0 Å². The van der Waals surface area contributed by atoms with Crippen LogP contribution in [0.15, 0.2) is 48.5 Å². The zero-order valence-corrected chi connectivity index (χ0v) is 13.2. The van der Waals surface area contributed by atoms with E-state index in [1.807, 2.05) is 24.3 Å². The summed E-state index contributed by atoms with van der Waals surface area (Å²) in [7, 11) is 0. The van der Waals surface area contributed by atoms with E-state index in [0.717, 1.165) is 29.5 Å². The van der Waals surface area contributed by atoms with Crippen molar-refractivity contribution < 1.29 is 14.6 Å². The first-order chi connectivity index (χ1) is 11.0. The van der Waals surface area contributed by atoms with Gasteiger partial charge in [-0.3, -0.25) is 0 Å². The van der Waals surface area contributed by atoms with Crippen LogP contribution < -0.4 is 0 Å². The summed E-state index contributed by atoms with van der Waals surface area (Å²) in [6.45, 7) is 1.84. The minimum atomic E-state index is -1.21. The Morgan fingerprint density at radius 2 is 1.52 bits per heavy atom. The highest BCUT2D eigenvalue weighted by Crippen LogP contribution is 2.25. The molecule has 0 aliphatic rings. The quantitative estimate of drug-likeness (QED) is 0.650. The third-order valence-electron chi connectivity index (χ3n) is 3.67. The molecular formula is C20H21FO2. The lowest BCUT2D eigenvalue weighted by atomic mass is 9.94. The van der Waals surface area contributed by atoms with Gasteiger partial charge in [0, 0.05) is 13.0 Å². The first-order valence-electron chi connectivity index (χ1n) is 7.73. The highest BCUT2D eigenvalue weighted by Gasteiger charge is 2.19. The highest BCUT2D eigenvalue weighted by molar-refractivity contribution is 5.63. The van der Waals surface area contributed by atoms with Crippen molar-refractivity contribution in [1.82, 2.24) is 0 Å². The summed E-state index contributed by atoms with van der Waals surface area (Å²) in [5.74, 6) is 5.57. The van der Waals surface area contributed by atoms with Crippen LogP contribution in [-0.4, -0.2) is 16.8 Å². The molecule has 1 atom stereocenters. The molecular weight excluding hydrogens is 291 g/mol. The van der Waals surface area contributed by atoms with Crippen molar-refractivity contribution in [2.75, 3.05) is 6.61 Å². The molecule has 0 radical (unpaired) electrons. The normalized spacial score (nSPS) is 13.0. The molecule has 0 fully saturated rings. The van der Waals surface area contributed by atoms with Gasteiger partial charge in [0.1, 0.15) is 11.4 Å². The molecule has 0 bridgehead atoms. The first kappa shape index (κ1) is 17.2. The summed E-state index contributed by atoms with van der Waals surface area (Å²) in [4.78, 5) is 0. The van der Waals surface area contributed by atoms with Crippen LogP contribution >= 0.6 is 0 Å². The van der Waals surface area contributed by atoms with Crippen molar-refractivity contribution in [2.24, 2.45) is 0 Å². The molecule has 3 heteroatoms. The zero-order chi connectivity index (χ0) is 16.7. The fourth-order valence-electron chi connectivity index (χ4n) is 2.26. The number of rotatable bonds is 5. The molecule has 2 nitrogen and oxygen atoms in total. The largest absolute Gasteiger partial charge is 0.396 e. The zero-order valence-electron chi connectivity index (χ0n) is 13.2. The smallest absolute Gasteiger partial charge is 0.148 e. The number of unbranched alkanes of at least 4 members (excludes halogenated alkanes) is 2. The van der Waals surface area contributed by atoms with Crippen LogP contribution in [0.2, 0.25) is 0 Å². The van der Waals surface area contributed by atoms with Gasteiger partial charge in [0.05, 0.1) is 0 Å². The van der Waals surface area contributed by atoms with Crippen molar-refractivity contribution in [3.8, 4) is 23.0 Å². The predicted octanol–water partition coefficient (Wildman–Crippen LogP) is 3.87. The maximum atomic E-state index is 13.0. The van der Waals surface area contributed by atoms with Gasteiger partial charge in [-0.25, -0.2) is 4.39 Å². The molecule has 0 saturated carbocycles. The molecule has 0 spiro atoms. The first-order valence-corrected chi connectivity index (χ1v) is 7.73. The monoisotopic (exact) mass is 312 g/mol. The van der Waals surface area contributed by atoms with Gasteiger partial charge < -0.3 is 10.2 Å². The SMILES string of the molecule is CC(O)(C#CCCCCO)c1ccc(-c2ccc(F)cc2)cc1. The van der Waals surface area contributed by atoms with E-state index in [-0.39, 0.29) is 12.4 Å². The van der Waals surface area contributed by atoms with Gasteiger partial charge in [-0.1, -0.05) is 48.2 Å². The van der Waals surface area contributed by atoms with Crippen LogP contribution in [0, 0.1) is 17.7 Å². The Kier molecular flexibility index (Phi) is 5.92. The summed E-state index contributed by atoms with van der Waals surface area (Å²) in [6.07, 6.45) is 2.21. The van der Waals surface area contributed by atoms with E-state index in [1.54, 1.807) is 19.1 Å². The standard InChI is InChI=1S/C20H21FO2/c1-20(23,14-4-2-3-5-15-22)18-10-6-16(7-11-18)17-8-12-19(21)13-9-17/h6-13,22-23H,2-3,5,15H2,1H3. The molecule has 120 valence electrons. The van der Waals surface area contributed by atoms with Gasteiger partial charge in [0.15, 0.2) is 0 Å². The number of hydrogen-bond acceptors (Lipinski definition) is 2. The molecule has 0 aromatic heterocycles. The van der Waals surface area contributed by atoms with Crippen LogP contribution in [0.25, 0.3) is 11.1 Å². The molecule has 2 aromatic carbocycles. The summed E-state index contributed by atoms with van der Waals surface area (Å²) in [6, 6.07) is 13.8. The second kappa shape index (κ2) is 7.92. The summed E-state index contributed by atoms with van der Waals surface area (Å²) in [5.41, 5.74) is 1.40. The van der Waals surface area contributed by atoms with Crippen LogP contribution in [0.3, 0.4) is 0 Å². The van der Waals surface area contributed by atoms with Crippen molar-refractivity contribution in [2.45, 2.75) is 31.8 Å². The topological polar surface area (TPSA) is 40.5 Å². The Hall–Kier alpha value is -2.15. The molecule has 0 aliphatic heterocycles. The van der Waals surface area contributed by atoms with Crippen LogP contribution in [0.4, 0.5) is 4.39 Å². The van der Waals surface area contributed by atoms with Gasteiger partial charge >= 0.3 is 0 Å². The van der Waals surface area contributed by atoms with Crippen molar-refractivity contribution >= 4 is 0 Å². The van der Waals surface area contributed by atoms with Crippen LogP contribution in [0.5, 0.6) is 0 Å². The lowest BCUT2D eigenvalue weighted by molar-refractivity contribution is 0.122. The molecule has 0 saturated heterocycles. The van der Waals surface area contributed by atoms with E-state index >= 15 is 0 Å². The lowest BCUT2D eigenvalue weighted by Crippen LogP contribution is -2.18. The minimum Gasteiger partial charge on any atom is -0.396 e. The van der Waals surface area contributed by atoms with Gasteiger partial charge in [0.2, 0.25) is 0 Å². The highest BCUT2D eigenvalue weighted by atomic mass is 19.1. The molecule has 1 unspecified atom stereocenters. The summed E-state index contributed by atoms with van der Waals surface area (Å²) in [5, 5.41) is 19.2.